The van der Waals surface area contributed by atoms with Gasteiger partial charge in [0, 0.05) is 17.9 Å². The van der Waals surface area contributed by atoms with Crippen molar-refractivity contribution in [2.45, 2.75) is 6.10 Å². The van der Waals surface area contributed by atoms with Gasteiger partial charge in [0.1, 0.15) is 0 Å². The van der Waals surface area contributed by atoms with E-state index in [2.05, 4.69) is 15.4 Å². The summed E-state index contributed by atoms with van der Waals surface area (Å²) in [6.07, 6.45) is -1.32. The van der Waals surface area contributed by atoms with Gasteiger partial charge in [0.05, 0.1) is 19.8 Å². The summed E-state index contributed by atoms with van der Waals surface area (Å²) in [5.41, 5.74) is 1.40. The molecule has 1 atom stereocenters. The predicted molar refractivity (Wildman–Crippen MR) is 64.1 cm³/mol. The van der Waals surface area contributed by atoms with Crippen LogP contribution in [0.4, 0.5) is 16.2 Å². The Morgan fingerprint density at radius 3 is 2.47 bits per heavy atom. The van der Waals surface area contributed by atoms with Gasteiger partial charge >= 0.3 is 6.09 Å². The molecular formula is C11H16N2O4. The quantitative estimate of drug-likeness (QED) is 0.606. The highest BCUT2D eigenvalue weighted by Crippen LogP contribution is 2.13. The Morgan fingerprint density at radius 2 is 1.94 bits per heavy atom. The molecule has 6 nitrogen and oxygen atoms in total. The van der Waals surface area contributed by atoms with Gasteiger partial charge in [0.15, 0.2) is 0 Å². The number of benzene rings is 1. The average molecular weight is 240 g/mol. The minimum atomic E-state index is -0.789. The molecule has 0 aliphatic heterocycles. The van der Waals surface area contributed by atoms with E-state index in [1.165, 1.54) is 7.11 Å². The van der Waals surface area contributed by atoms with Gasteiger partial charge in [0.25, 0.3) is 0 Å². The molecule has 0 saturated heterocycles. The van der Waals surface area contributed by atoms with Gasteiger partial charge in [-0.25, -0.2) is 4.79 Å². The number of hydrogen-bond acceptors (Lipinski definition) is 5. The molecule has 1 aromatic rings. The second kappa shape index (κ2) is 6.72. The molecule has 1 aromatic carbocycles. The van der Waals surface area contributed by atoms with Crippen molar-refractivity contribution in [1.29, 1.82) is 0 Å². The van der Waals surface area contributed by atoms with Crippen molar-refractivity contribution in [3.8, 4) is 0 Å². The van der Waals surface area contributed by atoms with Crippen LogP contribution < -0.4 is 10.6 Å². The molecule has 6 heteroatoms. The second-order valence-corrected chi connectivity index (χ2v) is 3.41. The number of ether oxygens (including phenoxy) is 1. The zero-order valence-electron chi connectivity index (χ0n) is 9.51. The van der Waals surface area contributed by atoms with Crippen LogP contribution in [0.3, 0.4) is 0 Å². The van der Waals surface area contributed by atoms with Crippen LogP contribution in [0.25, 0.3) is 0 Å². The number of rotatable bonds is 5. The van der Waals surface area contributed by atoms with E-state index in [9.17, 15) is 4.79 Å². The summed E-state index contributed by atoms with van der Waals surface area (Å²) in [6.45, 7) is -0.0186. The first kappa shape index (κ1) is 13.3. The molecule has 0 bridgehead atoms. The van der Waals surface area contributed by atoms with Crippen molar-refractivity contribution < 1.29 is 19.7 Å². The molecule has 0 spiro atoms. The molecule has 94 valence electrons. The maximum atomic E-state index is 10.9. The molecule has 0 aliphatic carbocycles. The number of carbonyl (C=O) groups is 1. The van der Waals surface area contributed by atoms with E-state index in [4.69, 9.17) is 10.2 Å². The molecule has 17 heavy (non-hydrogen) atoms. The highest BCUT2D eigenvalue weighted by molar-refractivity contribution is 5.84. The van der Waals surface area contributed by atoms with Crippen LogP contribution in [0.2, 0.25) is 0 Å². The molecule has 0 saturated carbocycles. The minimum Gasteiger partial charge on any atom is -0.453 e. The smallest absolute Gasteiger partial charge is 0.411 e. The van der Waals surface area contributed by atoms with E-state index in [0.717, 1.165) is 5.69 Å². The number of carbonyl (C=O) groups excluding carboxylic acids is 1. The average Bonchev–Trinajstić information content (AvgIpc) is 2.37. The number of aliphatic hydroxyl groups excluding tert-OH is 2. The molecule has 0 fully saturated rings. The summed E-state index contributed by atoms with van der Waals surface area (Å²) in [6, 6.07) is 6.89. The minimum absolute atomic E-state index is 0.264. The van der Waals surface area contributed by atoms with Gasteiger partial charge < -0.3 is 20.3 Å². The van der Waals surface area contributed by atoms with Crippen LogP contribution in [0.5, 0.6) is 0 Å². The summed E-state index contributed by atoms with van der Waals surface area (Å²) in [5, 5.41) is 23.2. The Kier molecular flexibility index (Phi) is 5.25. The zero-order chi connectivity index (χ0) is 12.7. The summed E-state index contributed by atoms with van der Waals surface area (Å²) in [7, 11) is 1.29. The van der Waals surface area contributed by atoms with Gasteiger partial charge in [-0.05, 0) is 24.3 Å². The van der Waals surface area contributed by atoms with Gasteiger partial charge in [-0.3, -0.25) is 5.32 Å². The van der Waals surface area contributed by atoms with Crippen molar-refractivity contribution in [1.82, 2.24) is 0 Å². The lowest BCUT2D eigenvalue weighted by Crippen LogP contribution is -2.22. The van der Waals surface area contributed by atoms with Crippen molar-refractivity contribution in [2.24, 2.45) is 0 Å². The van der Waals surface area contributed by atoms with Gasteiger partial charge in [0.2, 0.25) is 0 Å². The normalized spacial score (nSPS) is 11.7. The standard InChI is InChI=1S/C11H16N2O4/c1-17-11(16)13-9-4-2-8(3-5-9)12-6-10(15)7-14/h2-5,10,12,14-15H,6-7H2,1H3,(H,13,16). The van der Waals surface area contributed by atoms with E-state index in [-0.39, 0.29) is 13.2 Å². The Bertz CT molecular complexity index is 353. The lowest BCUT2D eigenvalue weighted by molar-refractivity contribution is 0.105. The zero-order valence-corrected chi connectivity index (χ0v) is 9.51. The van der Waals surface area contributed by atoms with E-state index in [0.29, 0.717) is 5.69 Å². The molecule has 0 radical (unpaired) electrons. The van der Waals surface area contributed by atoms with Crippen molar-refractivity contribution in [2.75, 3.05) is 30.9 Å². The molecular weight excluding hydrogens is 224 g/mol. The summed E-state index contributed by atoms with van der Waals surface area (Å²) >= 11 is 0. The van der Waals surface area contributed by atoms with E-state index >= 15 is 0 Å². The highest BCUT2D eigenvalue weighted by Gasteiger charge is 2.02. The van der Waals surface area contributed by atoms with Gasteiger partial charge in [-0.15, -0.1) is 0 Å². The fourth-order valence-corrected chi connectivity index (χ4v) is 1.14. The Labute approximate surface area is 99.2 Å². The topological polar surface area (TPSA) is 90.8 Å². The first-order chi connectivity index (χ1) is 8.15. The Morgan fingerprint density at radius 1 is 1.35 bits per heavy atom. The molecule has 0 aliphatic rings. The lowest BCUT2D eigenvalue weighted by Gasteiger charge is -2.10. The number of aliphatic hydroxyl groups is 2. The Hall–Kier alpha value is -1.79. The Balaban J connectivity index is 2.47. The first-order valence-corrected chi connectivity index (χ1v) is 5.13. The molecule has 4 N–H and O–H groups in total. The number of hydrogen-bond donors (Lipinski definition) is 4. The predicted octanol–water partition coefficient (Wildman–Crippen LogP) is 0.630. The molecule has 1 rings (SSSR count). The summed E-state index contributed by atoms with van der Waals surface area (Å²) in [5.74, 6) is 0. The maximum Gasteiger partial charge on any atom is 0.411 e. The SMILES string of the molecule is COC(=O)Nc1ccc(NCC(O)CO)cc1. The number of amides is 1. The molecule has 0 heterocycles. The van der Waals surface area contributed by atoms with Crippen LogP contribution >= 0.6 is 0 Å². The van der Waals surface area contributed by atoms with Crippen LogP contribution in [0.1, 0.15) is 0 Å². The van der Waals surface area contributed by atoms with E-state index < -0.39 is 12.2 Å². The highest BCUT2D eigenvalue weighted by atomic mass is 16.5. The molecule has 1 amide bonds. The van der Waals surface area contributed by atoms with Crippen molar-refractivity contribution in [3.63, 3.8) is 0 Å². The van der Waals surface area contributed by atoms with Gasteiger partial charge in [-0.2, -0.15) is 0 Å². The van der Waals surface area contributed by atoms with Crippen LogP contribution in [0.15, 0.2) is 24.3 Å². The third-order valence-electron chi connectivity index (χ3n) is 2.07. The molecule has 1 unspecified atom stereocenters. The number of nitrogens with one attached hydrogen (secondary N) is 2. The fourth-order valence-electron chi connectivity index (χ4n) is 1.14. The summed E-state index contributed by atoms with van der Waals surface area (Å²) in [4.78, 5) is 10.9. The first-order valence-electron chi connectivity index (χ1n) is 5.13. The van der Waals surface area contributed by atoms with Crippen LogP contribution in [0, 0.1) is 0 Å². The lowest BCUT2D eigenvalue weighted by atomic mass is 10.2. The van der Waals surface area contributed by atoms with Crippen molar-refractivity contribution >= 4 is 17.5 Å². The van der Waals surface area contributed by atoms with Crippen LogP contribution in [-0.2, 0) is 4.74 Å². The third-order valence-corrected chi connectivity index (χ3v) is 2.07. The second-order valence-electron chi connectivity index (χ2n) is 3.41. The van der Waals surface area contributed by atoms with Gasteiger partial charge in [-0.1, -0.05) is 0 Å². The van der Waals surface area contributed by atoms with E-state index in [1.807, 2.05) is 0 Å². The van der Waals surface area contributed by atoms with E-state index in [1.54, 1.807) is 24.3 Å². The molecule has 0 aromatic heterocycles. The number of methoxy groups -OCH3 is 1. The largest absolute Gasteiger partial charge is 0.453 e. The number of anilines is 2. The summed E-state index contributed by atoms with van der Waals surface area (Å²) < 4.78 is 4.45. The van der Waals surface area contributed by atoms with Crippen LogP contribution in [-0.4, -0.2) is 42.7 Å². The maximum absolute atomic E-state index is 10.9. The monoisotopic (exact) mass is 240 g/mol. The third kappa shape index (κ3) is 4.71. The van der Waals surface area contributed by atoms with Crippen molar-refractivity contribution in [3.05, 3.63) is 24.3 Å². The fraction of sp³-hybridized carbons (Fsp3) is 0.364.